The van der Waals surface area contributed by atoms with Gasteiger partial charge in [0.1, 0.15) is 11.6 Å². The molecule has 0 aliphatic carbocycles. The summed E-state index contributed by atoms with van der Waals surface area (Å²) < 4.78 is 56.6. The predicted molar refractivity (Wildman–Crippen MR) is 120 cm³/mol. The van der Waals surface area contributed by atoms with Crippen molar-refractivity contribution in [3.8, 4) is 5.75 Å². The van der Waals surface area contributed by atoms with E-state index in [9.17, 15) is 16.8 Å². The molecule has 1 fully saturated rings. The molecule has 9 nitrogen and oxygen atoms in total. The Bertz CT molecular complexity index is 1130. The van der Waals surface area contributed by atoms with Crippen LogP contribution in [0.5, 0.6) is 5.75 Å². The first kappa shape index (κ1) is 23.8. The van der Waals surface area contributed by atoms with Gasteiger partial charge in [-0.25, -0.2) is 21.1 Å². The average Bonchev–Trinajstić information content (AvgIpc) is 3.28. The molecule has 0 N–H and O–H groups in total. The molecule has 0 radical (unpaired) electrons. The zero-order chi connectivity index (χ0) is 22.6. The lowest BCUT2D eigenvalue weighted by atomic mass is 10.1. The van der Waals surface area contributed by atoms with Gasteiger partial charge in [0, 0.05) is 32.3 Å². The van der Waals surface area contributed by atoms with Crippen molar-refractivity contribution >= 4 is 31.6 Å². The highest BCUT2D eigenvalue weighted by Gasteiger charge is 2.33. The lowest BCUT2D eigenvalue weighted by Gasteiger charge is -2.12. The van der Waals surface area contributed by atoms with Gasteiger partial charge in [-0.3, -0.25) is 0 Å². The van der Waals surface area contributed by atoms with E-state index in [1.54, 1.807) is 18.2 Å². The van der Waals surface area contributed by atoms with Crippen LogP contribution in [0.1, 0.15) is 18.2 Å². The molecular weight excluding hydrogens is 460 g/mol. The SMILES string of the molecule is C=CCn1c(SCCOc2ccc(S(=O)(=O)N(C)C)cc2)nnc1[C@H]1CCS(=O)(=O)C1. The lowest BCUT2D eigenvalue weighted by Crippen LogP contribution is -2.22. The number of allylic oxidation sites excluding steroid dienone is 1. The summed E-state index contributed by atoms with van der Waals surface area (Å²) in [7, 11) is -3.51. The van der Waals surface area contributed by atoms with Crippen molar-refractivity contribution in [2.24, 2.45) is 0 Å². The van der Waals surface area contributed by atoms with E-state index in [1.807, 2.05) is 4.57 Å². The second-order valence-corrected chi connectivity index (χ2v) is 12.7. The maximum Gasteiger partial charge on any atom is 0.242 e. The van der Waals surface area contributed by atoms with Gasteiger partial charge in [0.15, 0.2) is 15.0 Å². The second kappa shape index (κ2) is 9.72. The number of benzene rings is 1. The van der Waals surface area contributed by atoms with Crippen LogP contribution in [0.4, 0.5) is 0 Å². The fourth-order valence-corrected chi connectivity index (χ4v) is 6.63. The maximum absolute atomic E-state index is 12.1. The normalized spacial score (nSPS) is 18.4. The van der Waals surface area contributed by atoms with Crippen LogP contribution in [0, 0.1) is 0 Å². The van der Waals surface area contributed by atoms with Gasteiger partial charge < -0.3 is 9.30 Å². The van der Waals surface area contributed by atoms with Crippen LogP contribution in [0.3, 0.4) is 0 Å². The molecule has 3 rings (SSSR count). The molecule has 1 aromatic heterocycles. The van der Waals surface area contributed by atoms with Gasteiger partial charge >= 0.3 is 0 Å². The molecule has 31 heavy (non-hydrogen) atoms. The van der Waals surface area contributed by atoms with E-state index in [-0.39, 0.29) is 22.3 Å². The minimum atomic E-state index is -3.47. The van der Waals surface area contributed by atoms with Crippen molar-refractivity contribution in [3.05, 3.63) is 42.7 Å². The van der Waals surface area contributed by atoms with Crippen LogP contribution < -0.4 is 4.74 Å². The molecule has 0 bridgehead atoms. The molecule has 2 heterocycles. The van der Waals surface area contributed by atoms with Crippen LogP contribution in [-0.2, 0) is 26.4 Å². The molecule has 12 heteroatoms. The number of thioether (sulfide) groups is 1. The number of rotatable bonds is 10. The molecule has 170 valence electrons. The minimum absolute atomic E-state index is 0.107. The Morgan fingerprint density at radius 1 is 1.29 bits per heavy atom. The summed E-state index contributed by atoms with van der Waals surface area (Å²) in [6.45, 7) is 4.66. The zero-order valence-electron chi connectivity index (χ0n) is 17.5. The third kappa shape index (κ3) is 5.68. The Labute approximate surface area is 187 Å². The topological polar surface area (TPSA) is 111 Å². The van der Waals surface area contributed by atoms with E-state index in [0.717, 1.165) is 4.31 Å². The number of ether oxygens (including phenoxy) is 1. The van der Waals surface area contributed by atoms with Crippen molar-refractivity contribution in [1.82, 2.24) is 19.1 Å². The van der Waals surface area contributed by atoms with E-state index in [4.69, 9.17) is 4.74 Å². The molecule has 1 aliphatic heterocycles. The molecule has 0 amide bonds. The summed E-state index contributed by atoms with van der Waals surface area (Å²) in [6.07, 6.45) is 2.30. The summed E-state index contributed by atoms with van der Waals surface area (Å²) in [5.74, 6) is 2.00. The molecule has 1 aliphatic rings. The monoisotopic (exact) mass is 486 g/mol. The highest BCUT2D eigenvalue weighted by Crippen LogP contribution is 2.30. The van der Waals surface area contributed by atoms with E-state index in [2.05, 4.69) is 16.8 Å². The van der Waals surface area contributed by atoms with Crippen molar-refractivity contribution in [3.63, 3.8) is 0 Å². The van der Waals surface area contributed by atoms with Crippen LogP contribution in [-0.4, -0.2) is 73.9 Å². The summed E-state index contributed by atoms with van der Waals surface area (Å²) >= 11 is 1.46. The smallest absolute Gasteiger partial charge is 0.242 e. The fraction of sp³-hybridized carbons (Fsp3) is 0.474. The number of aromatic nitrogens is 3. The first-order chi connectivity index (χ1) is 14.6. The van der Waals surface area contributed by atoms with Crippen molar-refractivity contribution in [2.45, 2.75) is 28.9 Å². The van der Waals surface area contributed by atoms with Crippen molar-refractivity contribution in [2.75, 3.05) is 38.0 Å². The van der Waals surface area contributed by atoms with Gasteiger partial charge in [-0.05, 0) is 30.7 Å². The molecule has 0 unspecified atom stereocenters. The highest BCUT2D eigenvalue weighted by atomic mass is 32.2. The lowest BCUT2D eigenvalue weighted by molar-refractivity contribution is 0.343. The molecule has 2 aromatic rings. The van der Waals surface area contributed by atoms with Gasteiger partial charge in [-0.1, -0.05) is 17.8 Å². The van der Waals surface area contributed by atoms with Crippen LogP contribution in [0.2, 0.25) is 0 Å². The van der Waals surface area contributed by atoms with Crippen molar-refractivity contribution in [1.29, 1.82) is 0 Å². The van der Waals surface area contributed by atoms with Gasteiger partial charge in [-0.2, -0.15) is 0 Å². The molecule has 0 spiro atoms. The summed E-state index contributed by atoms with van der Waals surface area (Å²) in [5.41, 5.74) is 0. The predicted octanol–water partition coefficient (Wildman–Crippen LogP) is 1.79. The average molecular weight is 487 g/mol. The Kier molecular flexibility index (Phi) is 7.45. The molecule has 1 saturated heterocycles. The third-order valence-electron chi connectivity index (χ3n) is 4.84. The molecule has 0 saturated carbocycles. The summed E-state index contributed by atoms with van der Waals surface area (Å²) in [5, 5.41) is 9.17. The van der Waals surface area contributed by atoms with Gasteiger partial charge in [-0.15, -0.1) is 16.8 Å². The minimum Gasteiger partial charge on any atom is -0.493 e. The Hall–Kier alpha value is -1.89. The van der Waals surface area contributed by atoms with E-state index >= 15 is 0 Å². The quantitative estimate of drug-likeness (QED) is 0.284. The fourth-order valence-electron chi connectivity index (χ4n) is 3.22. The largest absolute Gasteiger partial charge is 0.493 e. The van der Waals surface area contributed by atoms with Crippen molar-refractivity contribution < 1.29 is 21.6 Å². The van der Waals surface area contributed by atoms with Crippen LogP contribution in [0.15, 0.2) is 47.0 Å². The number of sulfone groups is 1. The van der Waals surface area contributed by atoms with Gasteiger partial charge in [0.25, 0.3) is 0 Å². The highest BCUT2D eigenvalue weighted by molar-refractivity contribution is 7.99. The van der Waals surface area contributed by atoms with Crippen LogP contribution >= 0.6 is 11.8 Å². The number of hydrogen-bond donors (Lipinski definition) is 0. The van der Waals surface area contributed by atoms with Gasteiger partial charge in [0.05, 0.1) is 23.0 Å². The van der Waals surface area contributed by atoms with E-state index in [1.165, 1.54) is 38.0 Å². The number of hydrogen-bond acceptors (Lipinski definition) is 8. The van der Waals surface area contributed by atoms with Crippen LogP contribution in [0.25, 0.3) is 0 Å². The molecule has 1 atom stereocenters. The second-order valence-electron chi connectivity index (χ2n) is 7.30. The molecular formula is C19H26N4O5S3. The van der Waals surface area contributed by atoms with Gasteiger partial charge in [0.2, 0.25) is 10.0 Å². The summed E-state index contributed by atoms with van der Waals surface area (Å²) in [4.78, 5) is 0.207. The standard InChI is InChI=1S/C19H26N4O5S3/c1-4-10-23-18(15-9-13-30(24,25)14-15)20-21-19(23)29-12-11-28-16-5-7-17(8-6-16)31(26,27)22(2)3/h4-8,15H,1,9-14H2,2-3H3/t15-/m0/s1. The number of sulfonamides is 1. The first-order valence-electron chi connectivity index (χ1n) is 9.66. The zero-order valence-corrected chi connectivity index (χ0v) is 19.9. The molecule has 1 aromatic carbocycles. The maximum atomic E-state index is 12.1. The Balaban J connectivity index is 1.58. The third-order valence-corrected chi connectivity index (χ3v) is 9.37. The first-order valence-corrected chi connectivity index (χ1v) is 13.9. The Morgan fingerprint density at radius 2 is 2.00 bits per heavy atom. The summed E-state index contributed by atoms with van der Waals surface area (Å²) in [6, 6.07) is 6.28. The Morgan fingerprint density at radius 3 is 2.58 bits per heavy atom. The van der Waals surface area contributed by atoms with E-state index in [0.29, 0.717) is 42.1 Å². The van der Waals surface area contributed by atoms with E-state index < -0.39 is 19.9 Å². The number of nitrogens with zero attached hydrogens (tertiary/aromatic N) is 4.